The third kappa shape index (κ3) is 4.20. The highest BCUT2D eigenvalue weighted by molar-refractivity contribution is 8.12. The van der Waals surface area contributed by atoms with Crippen molar-refractivity contribution in [2.45, 2.75) is 0 Å². The summed E-state index contributed by atoms with van der Waals surface area (Å²) in [7, 11) is 0. The first-order chi connectivity index (χ1) is 8.19. The molecule has 0 bridgehead atoms. The number of carbonyl (C=O) groups is 1. The fraction of sp³-hybridized carbons (Fsp3) is 0.200. The van der Waals surface area contributed by atoms with E-state index in [4.69, 9.17) is 0 Å². The van der Waals surface area contributed by atoms with E-state index in [1.54, 1.807) is 36.8 Å². The highest BCUT2D eigenvalue weighted by Gasteiger charge is 2.09. The minimum atomic E-state index is -0.323. The van der Waals surface area contributed by atoms with Crippen molar-refractivity contribution in [2.75, 3.05) is 12.5 Å². The molecule has 0 aliphatic carbocycles. The van der Waals surface area contributed by atoms with Gasteiger partial charge in [-0.15, -0.1) is 0 Å². The highest BCUT2D eigenvalue weighted by atomic mass is 32.2. The number of rotatable bonds is 4. The van der Waals surface area contributed by atoms with Crippen LogP contribution in [0.5, 0.6) is 5.75 Å². The Morgan fingerprint density at radius 1 is 1.41 bits per heavy atom. The monoisotopic (exact) mass is 271 g/mol. The number of phenols is 1. The first-order valence-corrected chi connectivity index (χ1v) is 7.04. The number of urea groups is 1. The zero-order valence-electron chi connectivity index (χ0n) is 9.45. The maximum Gasteiger partial charge on any atom is 0.358 e. The number of phenolic OH excluding ortho intramolecular Hbond substituents is 1. The molecule has 0 saturated heterocycles. The third-order valence-corrected chi connectivity index (χ3v) is 3.69. The van der Waals surface area contributed by atoms with Crippen LogP contribution in [-0.4, -0.2) is 33.6 Å². The molecular weight excluding hydrogens is 258 g/mol. The molecule has 0 unspecified atom stereocenters. The van der Waals surface area contributed by atoms with Gasteiger partial charge in [-0.3, -0.25) is 0 Å². The minimum Gasteiger partial charge on any atom is -0.507 e. The van der Waals surface area contributed by atoms with Crippen molar-refractivity contribution in [2.24, 2.45) is 5.10 Å². The van der Waals surface area contributed by atoms with Crippen LogP contribution < -0.4 is 5.43 Å². The number of nitrogens with one attached hydrogen (secondary N) is 1. The van der Waals surface area contributed by atoms with Crippen LogP contribution in [0.4, 0.5) is 4.79 Å². The summed E-state index contributed by atoms with van der Waals surface area (Å²) in [5.74, 6) is 0.122. The quantitative estimate of drug-likeness (QED) is 0.501. The maximum absolute atomic E-state index is 11.5. The summed E-state index contributed by atoms with van der Waals surface area (Å²) >= 11 is 2.58. The van der Waals surface area contributed by atoms with Crippen molar-refractivity contribution in [1.82, 2.24) is 9.14 Å². The van der Waals surface area contributed by atoms with Crippen LogP contribution in [0.25, 0.3) is 0 Å². The van der Waals surface area contributed by atoms with Crippen LogP contribution >= 0.6 is 23.9 Å². The average molecular weight is 271 g/mol. The largest absolute Gasteiger partial charge is 0.507 e. The van der Waals surface area contributed by atoms with Crippen molar-refractivity contribution >= 4 is 36.1 Å². The molecule has 1 aromatic rings. The number of hydrogen-bond donors (Lipinski definition) is 2. The third-order valence-electron chi connectivity index (χ3n) is 1.80. The standard InChI is InChI=1S/C10H13N3O2S2/c1-16-13(17-2)10(15)12-11-7-8-5-3-4-6-9(8)14/h3-7,14H,1-2H3,(H,12,15)/b11-7+. The zero-order chi connectivity index (χ0) is 12.7. The van der Waals surface area contributed by atoms with Gasteiger partial charge in [-0.1, -0.05) is 12.1 Å². The molecule has 0 saturated carbocycles. The Kier molecular flexibility index (Phi) is 5.71. The van der Waals surface area contributed by atoms with Crippen LogP contribution in [0.15, 0.2) is 29.4 Å². The predicted octanol–water partition coefficient (Wildman–Crippen LogP) is 2.29. The van der Waals surface area contributed by atoms with Crippen LogP contribution in [0.2, 0.25) is 0 Å². The number of nitrogens with zero attached hydrogens (tertiary/aromatic N) is 2. The maximum atomic E-state index is 11.5. The molecule has 0 atom stereocenters. The van der Waals surface area contributed by atoms with E-state index >= 15 is 0 Å². The normalized spacial score (nSPS) is 10.5. The van der Waals surface area contributed by atoms with Gasteiger partial charge in [-0.05, 0) is 36.0 Å². The molecule has 92 valence electrons. The molecular formula is C10H13N3O2S2. The molecule has 0 aliphatic heterocycles. The van der Waals surface area contributed by atoms with E-state index < -0.39 is 0 Å². The summed E-state index contributed by atoms with van der Waals surface area (Å²) in [6, 6.07) is 6.43. The van der Waals surface area contributed by atoms with Crippen LogP contribution in [0.3, 0.4) is 0 Å². The lowest BCUT2D eigenvalue weighted by Gasteiger charge is -2.13. The Hall–Kier alpha value is -1.34. The molecule has 2 amide bonds. The summed E-state index contributed by atoms with van der Waals surface area (Å²) in [6.45, 7) is 0. The Morgan fingerprint density at radius 2 is 2.06 bits per heavy atom. The molecule has 1 rings (SSSR count). The molecule has 2 N–H and O–H groups in total. The molecule has 0 aromatic heterocycles. The van der Waals surface area contributed by atoms with Gasteiger partial charge in [-0.2, -0.15) is 5.10 Å². The average Bonchev–Trinajstić information content (AvgIpc) is 2.33. The van der Waals surface area contributed by atoms with Crippen molar-refractivity contribution in [3.05, 3.63) is 29.8 Å². The van der Waals surface area contributed by atoms with Gasteiger partial charge in [0.2, 0.25) is 0 Å². The van der Waals surface area contributed by atoms with E-state index in [2.05, 4.69) is 10.5 Å². The summed E-state index contributed by atoms with van der Waals surface area (Å²) in [5, 5.41) is 13.2. The Balaban J connectivity index is 2.56. The van der Waals surface area contributed by atoms with Crippen LogP contribution in [0, 0.1) is 0 Å². The lowest BCUT2D eigenvalue weighted by molar-refractivity contribution is 0.239. The summed E-state index contributed by atoms with van der Waals surface area (Å²) in [6.07, 6.45) is 4.98. The highest BCUT2D eigenvalue weighted by Crippen LogP contribution is 2.16. The first-order valence-electron chi connectivity index (χ1n) is 4.68. The molecule has 5 nitrogen and oxygen atoms in total. The number of carbonyl (C=O) groups excluding carboxylic acids is 1. The van der Waals surface area contributed by atoms with Gasteiger partial charge in [0.15, 0.2) is 0 Å². The summed E-state index contributed by atoms with van der Waals surface area (Å²) < 4.78 is 1.45. The number of benzene rings is 1. The smallest absolute Gasteiger partial charge is 0.358 e. The van der Waals surface area contributed by atoms with Crippen molar-refractivity contribution in [3.63, 3.8) is 0 Å². The van der Waals surface area contributed by atoms with E-state index in [0.717, 1.165) is 0 Å². The fourth-order valence-electron chi connectivity index (χ4n) is 1.03. The number of hydrogen-bond acceptors (Lipinski definition) is 5. The van der Waals surface area contributed by atoms with Gasteiger partial charge < -0.3 is 5.11 Å². The second kappa shape index (κ2) is 7.08. The molecule has 7 heteroatoms. The Labute approximate surface area is 109 Å². The van der Waals surface area contributed by atoms with Gasteiger partial charge in [0.05, 0.1) is 6.21 Å². The minimum absolute atomic E-state index is 0.122. The van der Waals surface area contributed by atoms with Gasteiger partial charge in [0.1, 0.15) is 5.75 Å². The van der Waals surface area contributed by atoms with Crippen molar-refractivity contribution in [1.29, 1.82) is 0 Å². The summed E-state index contributed by atoms with van der Waals surface area (Å²) in [5.41, 5.74) is 2.91. The van der Waals surface area contributed by atoms with Crippen LogP contribution in [0.1, 0.15) is 5.56 Å². The predicted molar refractivity (Wildman–Crippen MR) is 73.1 cm³/mol. The number of amides is 2. The van der Waals surface area contributed by atoms with E-state index in [1.165, 1.54) is 33.8 Å². The van der Waals surface area contributed by atoms with E-state index in [0.29, 0.717) is 5.56 Å². The molecule has 1 aromatic carbocycles. The van der Waals surface area contributed by atoms with Gasteiger partial charge in [0, 0.05) is 18.1 Å². The number of para-hydroxylation sites is 1. The fourth-order valence-corrected chi connectivity index (χ4v) is 2.04. The number of hydrazone groups is 1. The topological polar surface area (TPSA) is 64.9 Å². The lowest BCUT2D eigenvalue weighted by atomic mass is 10.2. The first kappa shape index (κ1) is 13.7. The lowest BCUT2D eigenvalue weighted by Crippen LogP contribution is -2.27. The molecule has 17 heavy (non-hydrogen) atoms. The van der Waals surface area contributed by atoms with E-state index in [1.807, 2.05) is 0 Å². The Bertz CT molecular complexity index is 408. The molecule has 0 fully saturated rings. The van der Waals surface area contributed by atoms with E-state index in [9.17, 15) is 9.90 Å². The number of aromatic hydroxyl groups is 1. The van der Waals surface area contributed by atoms with Crippen molar-refractivity contribution in [3.8, 4) is 5.75 Å². The molecule has 0 radical (unpaired) electrons. The second-order valence-corrected chi connectivity index (χ2v) is 4.55. The SMILES string of the molecule is CSN(SC)C(=O)N/N=C/c1ccccc1O. The summed E-state index contributed by atoms with van der Waals surface area (Å²) in [4.78, 5) is 11.5. The molecule has 0 spiro atoms. The molecule has 0 heterocycles. The Morgan fingerprint density at radius 3 is 2.65 bits per heavy atom. The van der Waals surface area contributed by atoms with Gasteiger partial charge in [-0.25, -0.2) is 13.9 Å². The van der Waals surface area contributed by atoms with Crippen LogP contribution in [-0.2, 0) is 0 Å². The molecule has 0 aliphatic rings. The van der Waals surface area contributed by atoms with Gasteiger partial charge in [0.25, 0.3) is 0 Å². The van der Waals surface area contributed by atoms with Crippen molar-refractivity contribution < 1.29 is 9.90 Å². The second-order valence-electron chi connectivity index (χ2n) is 2.86. The van der Waals surface area contributed by atoms with Gasteiger partial charge >= 0.3 is 6.03 Å². The van der Waals surface area contributed by atoms with E-state index in [-0.39, 0.29) is 11.8 Å². The zero-order valence-corrected chi connectivity index (χ0v) is 11.1.